The van der Waals surface area contributed by atoms with E-state index in [1.165, 1.54) is 0 Å². The number of nitro groups is 1. The summed E-state index contributed by atoms with van der Waals surface area (Å²) in [5, 5.41) is 11.7. The Hall–Kier alpha value is -0.880. The molecule has 0 saturated heterocycles. The van der Waals surface area contributed by atoms with Crippen LogP contribution in [-0.4, -0.2) is 9.91 Å². The lowest BCUT2D eigenvalue weighted by molar-refractivity contribution is -0.386. The molecular weight excluding hydrogens is 316 g/mol. The van der Waals surface area contributed by atoms with Gasteiger partial charge in [-0.05, 0) is 44.0 Å². The van der Waals surface area contributed by atoms with Gasteiger partial charge in [-0.15, -0.1) is 0 Å². The van der Waals surface area contributed by atoms with E-state index in [2.05, 4.69) is 36.8 Å². The lowest BCUT2D eigenvalue weighted by atomic mass is 10.2. The van der Waals surface area contributed by atoms with Crippen molar-refractivity contribution < 1.29 is 4.92 Å². The van der Waals surface area contributed by atoms with E-state index in [0.29, 0.717) is 8.95 Å². The number of nitrogens with one attached hydrogen (secondary N) is 1. The summed E-state index contributed by atoms with van der Waals surface area (Å²) in [6.07, 6.45) is 1.74. The molecule has 0 aliphatic carbocycles. The molecule has 14 heavy (non-hydrogen) atoms. The van der Waals surface area contributed by atoms with E-state index >= 15 is 0 Å². The Morgan fingerprint density at radius 1 is 1.43 bits per heavy atom. The van der Waals surface area contributed by atoms with E-state index in [1.54, 1.807) is 12.3 Å². The highest BCUT2D eigenvalue weighted by Gasteiger charge is 2.20. The molecule has 0 amide bonds. The number of nitro benzene ring substituents is 1. The molecule has 0 aliphatic heterocycles. The largest absolute Gasteiger partial charge is 0.360 e. The summed E-state index contributed by atoms with van der Waals surface area (Å²) < 4.78 is 0.943. The number of aromatic nitrogens is 1. The molecule has 0 radical (unpaired) electrons. The molecule has 0 unspecified atom stereocenters. The number of hydrogen-bond acceptors (Lipinski definition) is 2. The third-order valence-corrected chi connectivity index (χ3v) is 3.27. The Kier molecular flexibility index (Phi) is 2.32. The van der Waals surface area contributed by atoms with Crippen LogP contribution in [0.2, 0.25) is 0 Å². The quantitative estimate of drug-likeness (QED) is 0.645. The third kappa shape index (κ3) is 1.34. The van der Waals surface area contributed by atoms with Gasteiger partial charge in [-0.25, -0.2) is 0 Å². The Labute approximate surface area is 95.7 Å². The van der Waals surface area contributed by atoms with Crippen molar-refractivity contribution in [2.75, 3.05) is 0 Å². The smallest absolute Gasteiger partial charge is 0.299 e. The minimum absolute atomic E-state index is 0.0416. The highest BCUT2D eigenvalue weighted by atomic mass is 79.9. The molecule has 4 nitrogen and oxygen atoms in total. The predicted octanol–water partition coefficient (Wildman–Crippen LogP) is 3.60. The van der Waals surface area contributed by atoms with Gasteiger partial charge in [-0.2, -0.15) is 0 Å². The van der Waals surface area contributed by atoms with Gasteiger partial charge < -0.3 is 4.98 Å². The lowest BCUT2D eigenvalue weighted by Gasteiger charge is -1.99. The van der Waals surface area contributed by atoms with Crippen molar-refractivity contribution in [1.29, 1.82) is 0 Å². The van der Waals surface area contributed by atoms with Crippen LogP contribution in [0.25, 0.3) is 10.9 Å². The van der Waals surface area contributed by atoms with E-state index in [9.17, 15) is 10.1 Å². The molecule has 0 atom stereocenters. The van der Waals surface area contributed by atoms with Crippen LogP contribution in [0.4, 0.5) is 5.69 Å². The van der Waals surface area contributed by atoms with Crippen molar-refractivity contribution in [2.24, 2.45) is 0 Å². The minimum Gasteiger partial charge on any atom is -0.360 e. The van der Waals surface area contributed by atoms with Crippen molar-refractivity contribution in [2.45, 2.75) is 0 Å². The molecule has 1 heterocycles. The fourth-order valence-corrected chi connectivity index (χ4v) is 2.84. The zero-order chi connectivity index (χ0) is 10.3. The molecule has 1 aromatic heterocycles. The first-order chi connectivity index (χ1) is 6.61. The van der Waals surface area contributed by atoms with Crippen LogP contribution in [0.15, 0.2) is 27.3 Å². The van der Waals surface area contributed by atoms with Gasteiger partial charge in [-0.3, -0.25) is 10.1 Å². The average molecular weight is 320 g/mol. The van der Waals surface area contributed by atoms with Crippen LogP contribution in [-0.2, 0) is 0 Å². The van der Waals surface area contributed by atoms with E-state index in [4.69, 9.17) is 0 Å². The molecule has 0 spiro atoms. The van der Waals surface area contributed by atoms with E-state index < -0.39 is 4.92 Å². The van der Waals surface area contributed by atoms with Crippen molar-refractivity contribution in [3.8, 4) is 0 Å². The first-order valence-corrected chi connectivity index (χ1v) is 5.29. The second-order valence-electron chi connectivity index (χ2n) is 2.72. The second-order valence-corrected chi connectivity index (χ2v) is 4.37. The topological polar surface area (TPSA) is 58.9 Å². The highest BCUT2D eigenvalue weighted by Crippen LogP contribution is 2.38. The number of rotatable bonds is 1. The molecule has 0 saturated carbocycles. The van der Waals surface area contributed by atoms with Gasteiger partial charge in [0.25, 0.3) is 5.69 Å². The number of aromatic amines is 1. The summed E-state index contributed by atoms with van der Waals surface area (Å²) >= 11 is 6.38. The number of fused-ring (bicyclic) bond motifs is 1. The molecule has 2 rings (SSSR count). The highest BCUT2D eigenvalue weighted by molar-refractivity contribution is 9.11. The Bertz CT molecular complexity index is 521. The maximum Gasteiger partial charge on any atom is 0.299 e. The molecule has 6 heteroatoms. The van der Waals surface area contributed by atoms with E-state index in [0.717, 1.165) is 10.9 Å². The lowest BCUT2D eigenvalue weighted by Crippen LogP contribution is -1.91. The summed E-state index contributed by atoms with van der Waals surface area (Å²) in [6.45, 7) is 0. The molecule has 2 aromatic rings. The number of halogens is 2. The van der Waals surface area contributed by atoms with Crippen molar-refractivity contribution in [3.05, 3.63) is 37.4 Å². The fraction of sp³-hybridized carbons (Fsp3) is 0. The summed E-state index contributed by atoms with van der Waals surface area (Å²) in [5.74, 6) is 0. The Morgan fingerprint density at radius 3 is 2.79 bits per heavy atom. The molecule has 72 valence electrons. The predicted molar refractivity (Wildman–Crippen MR) is 60.4 cm³/mol. The average Bonchev–Trinajstić information content (AvgIpc) is 2.50. The van der Waals surface area contributed by atoms with Crippen LogP contribution in [0.5, 0.6) is 0 Å². The summed E-state index contributed by atoms with van der Waals surface area (Å²) in [4.78, 5) is 13.3. The van der Waals surface area contributed by atoms with Gasteiger partial charge >= 0.3 is 0 Å². The molecule has 0 aliphatic rings. The number of H-pyrrole nitrogens is 1. The van der Waals surface area contributed by atoms with Gasteiger partial charge in [0.2, 0.25) is 0 Å². The number of hydrogen-bond donors (Lipinski definition) is 1. The minimum atomic E-state index is -0.422. The molecule has 0 bridgehead atoms. The normalized spacial score (nSPS) is 10.7. The second kappa shape index (κ2) is 3.36. The number of benzene rings is 1. The van der Waals surface area contributed by atoms with Gasteiger partial charge in [0, 0.05) is 11.6 Å². The molecule has 0 fully saturated rings. The van der Waals surface area contributed by atoms with Gasteiger partial charge in [0.15, 0.2) is 0 Å². The first-order valence-electron chi connectivity index (χ1n) is 3.70. The van der Waals surface area contributed by atoms with Crippen molar-refractivity contribution >= 4 is 48.5 Å². The van der Waals surface area contributed by atoms with Crippen LogP contribution in [0.3, 0.4) is 0 Å². The van der Waals surface area contributed by atoms with Crippen LogP contribution in [0.1, 0.15) is 0 Å². The molecule has 1 N–H and O–H groups in total. The summed E-state index contributed by atoms with van der Waals surface area (Å²) in [6, 6.07) is 3.57. The monoisotopic (exact) mass is 318 g/mol. The van der Waals surface area contributed by atoms with Gasteiger partial charge in [-0.1, -0.05) is 0 Å². The Balaban J connectivity index is 2.89. The van der Waals surface area contributed by atoms with E-state index in [-0.39, 0.29) is 5.69 Å². The standard InChI is InChI=1S/C8H4Br2N2O2/c9-5-3-4-1-2-11-7(4)6(10)8(5)12(13)14/h1-3,11H. The van der Waals surface area contributed by atoms with Gasteiger partial charge in [0.05, 0.1) is 14.9 Å². The maximum atomic E-state index is 10.7. The number of nitrogens with zero attached hydrogens (tertiary/aromatic N) is 1. The van der Waals surface area contributed by atoms with Crippen LogP contribution >= 0.6 is 31.9 Å². The SMILES string of the molecule is O=[N+]([O-])c1c(Br)cc2cc[nH]c2c1Br. The third-order valence-electron chi connectivity index (χ3n) is 1.90. The van der Waals surface area contributed by atoms with Gasteiger partial charge in [0.1, 0.15) is 4.47 Å². The Morgan fingerprint density at radius 2 is 2.14 bits per heavy atom. The summed E-state index contributed by atoms with van der Waals surface area (Å²) in [7, 11) is 0. The van der Waals surface area contributed by atoms with E-state index in [1.807, 2.05) is 6.07 Å². The van der Waals surface area contributed by atoms with Crippen molar-refractivity contribution in [3.63, 3.8) is 0 Å². The van der Waals surface area contributed by atoms with Crippen molar-refractivity contribution in [1.82, 2.24) is 4.98 Å². The zero-order valence-electron chi connectivity index (χ0n) is 6.75. The first kappa shape index (κ1) is 9.67. The zero-order valence-corrected chi connectivity index (χ0v) is 9.92. The van der Waals surface area contributed by atoms with Crippen LogP contribution in [0, 0.1) is 10.1 Å². The molecule has 1 aromatic carbocycles. The summed E-state index contributed by atoms with van der Waals surface area (Å²) in [5.41, 5.74) is 0.778. The molecular formula is C8H4Br2N2O2. The maximum absolute atomic E-state index is 10.7. The van der Waals surface area contributed by atoms with Crippen LogP contribution < -0.4 is 0 Å². The fourth-order valence-electron chi connectivity index (χ4n) is 1.29.